The summed E-state index contributed by atoms with van der Waals surface area (Å²) in [5, 5.41) is 2.27. The topological polar surface area (TPSA) is 33.5 Å². The number of nitrogens with zero attached hydrogens (tertiary/aromatic N) is 4. The molecule has 0 radical (unpaired) electrons. The van der Waals surface area contributed by atoms with E-state index >= 15 is 0 Å². The molecule has 6 aromatic carbocycles. The van der Waals surface area contributed by atoms with Gasteiger partial charge in [0, 0.05) is 61.3 Å². The summed E-state index contributed by atoms with van der Waals surface area (Å²) in [5.74, 6) is 2.07. The molecule has 0 saturated carbocycles. The molecule has 1 aliphatic rings. The molecule has 1 aliphatic heterocycles. The van der Waals surface area contributed by atoms with E-state index in [0.717, 1.165) is 50.6 Å². The van der Waals surface area contributed by atoms with Crippen LogP contribution in [0.3, 0.4) is 0 Å². The van der Waals surface area contributed by atoms with Gasteiger partial charge in [-0.1, -0.05) is 178 Å². The Bertz CT molecular complexity index is 3270. The van der Waals surface area contributed by atoms with Crippen LogP contribution in [-0.4, -0.2) is 9.55 Å². The van der Waals surface area contributed by atoms with Gasteiger partial charge in [-0.05, 0) is 114 Å². The van der Waals surface area contributed by atoms with E-state index in [1.165, 1.54) is 38.8 Å². The SMILES string of the molecule is CC(C)(C)c1cccc(N2[CH-]N(c3[c-]c(Oc4[c-]c5c(cc4)c4cc(C(C)(C)C)ccc4n5-c4cc(C(C)(C)C)ccn4)cc(C(C)(C)c4ccccc4)c3)c3cc(C(C)(C)C)c(C(C)(C)C)cc32)c1.[Pt]. The Morgan fingerprint density at radius 2 is 1.06 bits per heavy atom. The van der Waals surface area contributed by atoms with E-state index in [9.17, 15) is 0 Å². The van der Waals surface area contributed by atoms with Gasteiger partial charge >= 0.3 is 0 Å². The van der Waals surface area contributed by atoms with Crippen LogP contribution in [-0.2, 0) is 53.6 Å². The van der Waals surface area contributed by atoms with Crippen LogP contribution in [0.1, 0.15) is 157 Å². The third-order valence-electron chi connectivity index (χ3n) is 14.4. The van der Waals surface area contributed by atoms with E-state index < -0.39 is 0 Å². The number of aromatic nitrogens is 2. The van der Waals surface area contributed by atoms with Gasteiger partial charge < -0.3 is 19.1 Å². The Morgan fingerprint density at radius 3 is 1.68 bits per heavy atom. The van der Waals surface area contributed by atoms with Gasteiger partial charge in [-0.15, -0.1) is 53.6 Å². The van der Waals surface area contributed by atoms with Gasteiger partial charge in [0.2, 0.25) is 0 Å². The molecule has 372 valence electrons. The van der Waals surface area contributed by atoms with Crippen molar-refractivity contribution in [3.05, 3.63) is 185 Å². The molecule has 5 nitrogen and oxygen atoms in total. The van der Waals surface area contributed by atoms with E-state index in [0.29, 0.717) is 11.5 Å². The summed E-state index contributed by atoms with van der Waals surface area (Å²) in [6, 6.07) is 52.1. The molecule has 0 unspecified atom stereocenters. The Balaban J connectivity index is 0.00000676. The second kappa shape index (κ2) is 18.1. The summed E-state index contributed by atoms with van der Waals surface area (Å²) >= 11 is 0. The number of pyridine rings is 1. The fraction of sp³-hybridized carbons (Fsp3) is 0.354. The summed E-state index contributed by atoms with van der Waals surface area (Å²) in [4.78, 5) is 9.68. The molecular weight excluding hydrogens is 1050 g/mol. The van der Waals surface area contributed by atoms with E-state index in [1.807, 2.05) is 6.20 Å². The third kappa shape index (κ3) is 9.98. The van der Waals surface area contributed by atoms with Crippen molar-refractivity contribution in [1.29, 1.82) is 0 Å². The summed E-state index contributed by atoms with van der Waals surface area (Å²) in [6.07, 6.45) is 1.93. The zero-order valence-electron chi connectivity index (χ0n) is 45.2. The summed E-state index contributed by atoms with van der Waals surface area (Å²) < 4.78 is 9.35. The minimum Gasteiger partial charge on any atom is -0.509 e. The Labute approximate surface area is 439 Å². The first-order valence-electron chi connectivity index (χ1n) is 25.1. The Morgan fingerprint density at radius 1 is 0.465 bits per heavy atom. The van der Waals surface area contributed by atoms with Crippen LogP contribution in [0, 0.1) is 18.8 Å². The zero-order chi connectivity index (χ0) is 50.5. The molecule has 0 fully saturated rings. The molecule has 8 aromatic rings. The van der Waals surface area contributed by atoms with Gasteiger partial charge in [0.05, 0.1) is 0 Å². The number of rotatable bonds is 7. The molecule has 71 heavy (non-hydrogen) atoms. The smallest absolute Gasteiger partial charge is 0.135 e. The molecule has 0 bridgehead atoms. The maximum Gasteiger partial charge on any atom is 0.135 e. The largest absolute Gasteiger partial charge is 0.509 e. The molecule has 0 saturated heterocycles. The maximum atomic E-state index is 7.10. The van der Waals surface area contributed by atoms with E-state index in [2.05, 4.69) is 272 Å². The number of hydrogen-bond donors (Lipinski definition) is 0. The van der Waals surface area contributed by atoms with Crippen molar-refractivity contribution in [2.24, 2.45) is 0 Å². The summed E-state index contributed by atoms with van der Waals surface area (Å²) in [5.41, 5.74) is 14.4. The standard InChI is InChI=1S/C65H73N4O.Pt/c1-60(2,3)43-24-21-25-47(32-43)67-41-68(58-40-54(64(13,14)15)53(39-57(58)67)63(10,11)12)48-33-46(65(16,17)42-22-19-18-20-23-42)34-50(37-48)70-49-27-28-51-52-35-44(61(4,5)6)26-29-55(52)69(56(51)38-49)59-36-45(30-31-66-59)62(7,8)9;/h18-36,39-41H,1-17H3;/q-3;. The molecular formula is C65H73N4OPt-3. The molecule has 2 aromatic heterocycles. The average molecular weight is 1120 g/mol. The van der Waals surface area contributed by atoms with Gasteiger partial charge in [-0.25, -0.2) is 4.98 Å². The second-order valence-corrected chi connectivity index (χ2v) is 25.3. The van der Waals surface area contributed by atoms with Crippen molar-refractivity contribution in [2.45, 2.75) is 150 Å². The fourth-order valence-electron chi connectivity index (χ4n) is 9.87. The average Bonchev–Trinajstić information content (AvgIpc) is 3.83. The monoisotopic (exact) mass is 1120 g/mol. The predicted octanol–water partition coefficient (Wildman–Crippen LogP) is 17.8. The van der Waals surface area contributed by atoms with Gasteiger partial charge in [0.1, 0.15) is 5.82 Å². The number of ether oxygens (including phenoxy) is 1. The maximum absolute atomic E-state index is 7.10. The van der Waals surface area contributed by atoms with Crippen LogP contribution in [0.2, 0.25) is 0 Å². The minimum atomic E-state index is -0.381. The van der Waals surface area contributed by atoms with E-state index in [-0.39, 0.29) is 53.6 Å². The number of anilines is 4. The molecule has 0 aliphatic carbocycles. The Kier molecular flexibility index (Phi) is 13.2. The minimum absolute atomic E-state index is 0. The second-order valence-electron chi connectivity index (χ2n) is 25.3. The van der Waals surface area contributed by atoms with Crippen LogP contribution in [0.15, 0.2) is 128 Å². The normalized spacial score (nSPS) is 13.8. The summed E-state index contributed by atoms with van der Waals surface area (Å²) in [6.45, 7) is 41.2. The molecule has 0 amide bonds. The number of benzene rings is 6. The van der Waals surface area contributed by atoms with Crippen LogP contribution < -0.4 is 14.5 Å². The molecule has 6 heteroatoms. The first kappa shape index (κ1) is 51.7. The van der Waals surface area contributed by atoms with Crippen LogP contribution in [0.25, 0.3) is 27.6 Å². The summed E-state index contributed by atoms with van der Waals surface area (Å²) in [7, 11) is 0. The first-order valence-corrected chi connectivity index (χ1v) is 25.1. The van der Waals surface area contributed by atoms with Crippen molar-refractivity contribution in [3.8, 4) is 17.3 Å². The molecule has 3 heterocycles. The molecule has 0 spiro atoms. The van der Waals surface area contributed by atoms with Gasteiger partial charge in [0.15, 0.2) is 0 Å². The first-order chi connectivity index (χ1) is 32.6. The van der Waals surface area contributed by atoms with Gasteiger partial charge in [0.25, 0.3) is 0 Å². The van der Waals surface area contributed by atoms with Crippen molar-refractivity contribution in [2.75, 3.05) is 9.80 Å². The van der Waals surface area contributed by atoms with E-state index in [4.69, 9.17) is 9.72 Å². The van der Waals surface area contributed by atoms with Crippen LogP contribution in [0.4, 0.5) is 22.7 Å². The molecule has 0 N–H and O–H groups in total. The van der Waals surface area contributed by atoms with Crippen molar-refractivity contribution >= 4 is 44.6 Å². The third-order valence-corrected chi connectivity index (χ3v) is 14.4. The quantitative estimate of drug-likeness (QED) is 0.149. The van der Waals surface area contributed by atoms with Crippen molar-refractivity contribution in [1.82, 2.24) is 9.55 Å². The Hall–Kier alpha value is -5.64. The van der Waals surface area contributed by atoms with Crippen molar-refractivity contribution in [3.63, 3.8) is 0 Å². The number of fused-ring (bicyclic) bond motifs is 4. The van der Waals surface area contributed by atoms with Crippen molar-refractivity contribution < 1.29 is 25.8 Å². The van der Waals surface area contributed by atoms with Gasteiger partial charge in [-0.3, -0.25) is 0 Å². The zero-order valence-corrected chi connectivity index (χ0v) is 47.5. The van der Waals surface area contributed by atoms with E-state index in [1.54, 1.807) is 0 Å². The van der Waals surface area contributed by atoms with Crippen LogP contribution in [0.5, 0.6) is 11.5 Å². The predicted molar refractivity (Wildman–Crippen MR) is 296 cm³/mol. The molecule has 9 rings (SSSR count). The fourth-order valence-corrected chi connectivity index (χ4v) is 9.87. The molecule has 0 atom stereocenters. The number of hydrogen-bond acceptors (Lipinski definition) is 4. The van der Waals surface area contributed by atoms with Gasteiger partial charge in [-0.2, -0.15) is 6.07 Å². The van der Waals surface area contributed by atoms with Crippen LogP contribution >= 0.6 is 0 Å².